The Labute approximate surface area is 236 Å². The first-order chi connectivity index (χ1) is 18.9. The number of nitrogens with zero attached hydrogens (tertiary/aromatic N) is 2. The van der Waals surface area contributed by atoms with Crippen molar-refractivity contribution in [3.63, 3.8) is 0 Å². The average molecular weight is 604 g/mol. The van der Waals surface area contributed by atoms with Gasteiger partial charge >= 0.3 is 0 Å². The number of thiophene rings is 1. The molecule has 0 radical (unpaired) electrons. The zero-order chi connectivity index (χ0) is 27.4. The third kappa shape index (κ3) is 6.08. The number of fused-ring (bicyclic) bond motifs is 2. The van der Waals surface area contributed by atoms with E-state index in [1.165, 1.54) is 35.1 Å². The van der Waals surface area contributed by atoms with Crippen LogP contribution in [0.5, 0.6) is 11.5 Å². The molecule has 5 rings (SSSR count). The molecule has 39 heavy (non-hydrogen) atoms. The first-order valence-electron chi connectivity index (χ1n) is 12.0. The lowest BCUT2D eigenvalue weighted by Gasteiger charge is -2.15. The lowest BCUT2D eigenvalue weighted by atomic mass is 10.1. The van der Waals surface area contributed by atoms with E-state index in [-0.39, 0.29) is 5.69 Å². The molecule has 4 aromatic carbocycles. The zero-order valence-corrected chi connectivity index (χ0v) is 23.1. The molecule has 0 fully saturated rings. The van der Waals surface area contributed by atoms with E-state index in [1.807, 2.05) is 31.2 Å². The van der Waals surface area contributed by atoms with Crippen LogP contribution in [0.15, 0.2) is 88.4 Å². The Morgan fingerprint density at radius 2 is 1.85 bits per heavy atom. The Hall–Kier alpha value is -4.28. The van der Waals surface area contributed by atoms with Gasteiger partial charge < -0.3 is 9.47 Å². The normalized spacial score (nSPS) is 11.2. The number of benzene rings is 4. The minimum absolute atomic E-state index is 0.0225. The molecule has 1 amide bonds. The fourth-order valence-electron chi connectivity index (χ4n) is 4.03. The number of ether oxygens (including phenoxy) is 2. The van der Waals surface area contributed by atoms with Crippen LogP contribution in [0.4, 0.5) is 5.69 Å². The van der Waals surface area contributed by atoms with Gasteiger partial charge in [0, 0.05) is 22.2 Å². The molecule has 1 heterocycles. The lowest BCUT2D eigenvalue weighted by Crippen LogP contribution is -2.16. The molecule has 0 aliphatic rings. The Morgan fingerprint density at radius 1 is 1.03 bits per heavy atom. The van der Waals surface area contributed by atoms with Crippen LogP contribution in [0.3, 0.4) is 0 Å². The molecule has 5 aromatic rings. The number of non-ortho nitro benzene ring substituents is 1. The largest absolute Gasteiger partial charge is 0.490 e. The van der Waals surface area contributed by atoms with Gasteiger partial charge in [0.1, 0.15) is 6.61 Å². The lowest BCUT2D eigenvalue weighted by molar-refractivity contribution is -0.384. The number of nitro benzene ring substituents is 1. The summed E-state index contributed by atoms with van der Waals surface area (Å²) in [5.41, 5.74) is 4.21. The summed E-state index contributed by atoms with van der Waals surface area (Å²) in [4.78, 5) is 23.6. The van der Waals surface area contributed by atoms with Crippen molar-refractivity contribution in [1.82, 2.24) is 5.43 Å². The summed E-state index contributed by atoms with van der Waals surface area (Å²) in [6.45, 7) is 2.70. The van der Waals surface area contributed by atoms with Crippen LogP contribution in [0, 0.1) is 10.1 Å². The van der Waals surface area contributed by atoms with Crippen LogP contribution in [-0.2, 0) is 6.61 Å². The van der Waals surface area contributed by atoms with Gasteiger partial charge in [-0.05, 0) is 75.1 Å². The maximum Gasteiger partial charge on any atom is 0.281 e. The molecule has 196 valence electrons. The highest BCUT2D eigenvalue weighted by molar-refractivity contribution is 9.10. The van der Waals surface area contributed by atoms with Crippen LogP contribution in [0.2, 0.25) is 0 Å². The van der Waals surface area contributed by atoms with Crippen LogP contribution in [0.25, 0.3) is 20.9 Å². The predicted molar refractivity (Wildman–Crippen MR) is 157 cm³/mol. The molecule has 0 aliphatic carbocycles. The summed E-state index contributed by atoms with van der Waals surface area (Å²) < 4.78 is 13.4. The van der Waals surface area contributed by atoms with Crippen LogP contribution >= 0.6 is 27.3 Å². The van der Waals surface area contributed by atoms with Crippen molar-refractivity contribution in [3.8, 4) is 11.5 Å². The van der Waals surface area contributed by atoms with Gasteiger partial charge in [-0.25, -0.2) is 5.43 Å². The second-order valence-corrected chi connectivity index (χ2v) is 10.5. The Kier molecular flexibility index (Phi) is 7.85. The van der Waals surface area contributed by atoms with Crippen LogP contribution in [0.1, 0.15) is 27.7 Å². The van der Waals surface area contributed by atoms with Crippen LogP contribution in [-0.4, -0.2) is 23.7 Å². The molecule has 1 N–H and O–H groups in total. The summed E-state index contributed by atoms with van der Waals surface area (Å²) in [5, 5.41) is 18.0. The van der Waals surface area contributed by atoms with E-state index in [2.05, 4.69) is 50.7 Å². The topological polar surface area (TPSA) is 103 Å². The SMILES string of the molecule is CCOc1cc(/C=N\NC(=O)c2cc3cc([N+](=O)[O-])ccc3s2)cc(Br)c1OCc1ccc2ccccc2c1. The Morgan fingerprint density at radius 3 is 2.64 bits per heavy atom. The maximum absolute atomic E-state index is 12.6. The summed E-state index contributed by atoms with van der Waals surface area (Å²) in [6.07, 6.45) is 1.51. The van der Waals surface area contributed by atoms with Gasteiger partial charge in [0.25, 0.3) is 11.6 Å². The third-order valence-electron chi connectivity index (χ3n) is 5.84. The molecule has 1 aromatic heterocycles. The van der Waals surface area contributed by atoms with Gasteiger partial charge in [0.05, 0.1) is 27.1 Å². The van der Waals surface area contributed by atoms with E-state index in [9.17, 15) is 14.9 Å². The number of hydrazone groups is 1. The monoisotopic (exact) mass is 603 g/mol. The number of amides is 1. The van der Waals surface area contributed by atoms with E-state index < -0.39 is 10.8 Å². The van der Waals surface area contributed by atoms with Crippen molar-refractivity contribution in [3.05, 3.63) is 109 Å². The average Bonchev–Trinajstić information content (AvgIpc) is 3.36. The highest BCUT2D eigenvalue weighted by atomic mass is 79.9. The molecule has 0 aliphatic heterocycles. The molecule has 0 unspecified atom stereocenters. The van der Waals surface area contributed by atoms with Gasteiger partial charge in [0.15, 0.2) is 11.5 Å². The second-order valence-electron chi connectivity index (χ2n) is 8.52. The number of nitro groups is 1. The molecule has 0 bridgehead atoms. The summed E-state index contributed by atoms with van der Waals surface area (Å²) in [5.74, 6) is 0.714. The summed E-state index contributed by atoms with van der Waals surface area (Å²) in [6, 6.07) is 24.1. The third-order valence-corrected chi connectivity index (χ3v) is 7.55. The zero-order valence-electron chi connectivity index (χ0n) is 20.7. The number of carbonyl (C=O) groups is 1. The van der Waals surface area contributed by atoms with Crippen molar-refractivity contribution in [2.24, 2.45) is 5.10 Å². The van der Waals surface area contributed by atoms with Crippen molar-refractivity contribution < 1.29 is 19.2 Å². The maximum atomic E-state index is 12.6. The van der Waals surface area contributed by atoms with E-state index >= 15 is 0 Å². The fraction of sp³-hybridized carbons (Fsp3) is 0.103. The molecule has 0 saturated carbocycles. The number of rotatable bonds is 9. The van der Waals surface area contributed by atoms with Crippen LogP contribution < -0.4 is 14.9 Å². The van der Waals surface area contributed by atoms with Crippen molar-refractivity contribution in [1.29, 1.82) is 0 Å². The van der Waals surface area contributed by atoms with E-state index in [0.29, 0.717) is 45.0 Å². The number of nitrogens with one attached hydrogen (secondary N) is 1. The van der Waals surface area contributed by atoms with Gasteiger partial charge in [-0.3, -0.25) is 14.9 Å². The van der Waals surface area contributed by atoms with Crippen molar-refractivity contribution >= 4 is 65.9 Å². The summed E-state index contributed by atoms with van der Waals surface area (Å²) >= 11 is 4.81. The van der Waals surface area contributed by atoms with Gasteiger partial charge in [-0.2, -0.15) is 5.10 Å². The van der Waals surface area contributed by atoms with E-state index in [0.717, 1.165) is 15.6 Å². The number of hydrogen-bond acceptors (Lipinski definition) is 7. The number of hydrogen-bond donors (Lipinski definition) is 1. The highest BCUT2D eigenvalue weighted by Crippen LogP contribution is 2.37. The van der Waals surface area contributed by atoms with Gasteiger partial charge in [0.2, 0.25) is 0 Å². The van der Waals surface area contributed by atoms with E-state index in [1.54, 1.807) is 18.2 Å². The highest BCUT2D eigenvalue weighted by Gasteiger charge is 2.14. The molecule has 0 saturated heterocycles. The predicted octanol–water partition coefficient (Wildman–Crippen LogP) is 7.47. The molecule has 0 atom stereocenters. The van der Waals surface area contributed by atoms with Gasteiger partial charge in [-0.15, -0.1) is 11.3 Å². The minimum atomic E-state index is -0.463. The first kappa shape index (κ1) is 26.3. The molecule has 8 nitrogen and oxygen atoms in total. The van der Waals surface area contributed by atoms with Crippen molar-refractivity contribution in [2.75, 3.05) is 6.61 Å². The van der Waals surface area contributed by atoms with Crippen molar-refractivity contribution in [2.45, 2.75) is 13.5 Å². The molecule has 10 heteroatoms. The molecular weight excluding hydrogens is 582 g/mol. The number of halogens is 1. The van der Waals surface area contributed by atoms with E-state index in [4.69, 9.17) is 9.47 Å². The minimum Gasteiger partial charge on any atom is -0.490 e. The quantitative estimate of drug-likeness (QED) is 0.107. The Bertz CT molecular complexity index is 1730. The standard InChI is InChI=1S/C29H22BrN3O5S/c1-2-37-25-13-19(12-24(30)28(25)38-17-18-7-8-20-5-3-4-6-21(20)11-18)16-31-32-29(34)27-15-22-14-23(33(35)36)9-10-26(22)39-27/h3-16H,2,17H2,1H3,(H,32,34)/b31-16-. The molecular formula is C29H22BrN3O5S. The first-order valence-corrected chi connectivity index (χ1v) is 13.6. The Balaban J connectivity index is 1.28. The smallest absolute Gasteiger partial charge is 0.281 e. The van der Waals surface area contributed by atoms with Gasteiger partial charge in [-0.1, -0.05) is 36.4 Å². The fourth-order valence-corrected chi connectivity index (χ4v) is 5.53. The summed E-state index contributed by atoms with van der Waals surface area (Å²) in [7, 11) is 0. The second kappa shape index (κ2) is 11.6. The number of carbonyl (C=O) groups excluding carboxylic acids is 1. The molecule has 0 spiro atoms.